The van der Waals surface area contributed by atoms with Crippen LogP contribution in [0.5, 0.6) is 0 Å². The Balaban J connectivity index is 1.38. The van der Waals surface area contributed by atoms with Gasteiger partial charge in [0.1, 0.15) is 5.82 Å². The third-order valence-corrected chi connectivity index (χ3v) is 4.94. The molecule has 1 aliphatic heterocycles. The van der Waals surface area contributed by atoms with E-state index in [1.54, 1.807) is 11.0 Å². The van der Waals surface area contributed by atoms with E-state index < -0.39 is 0 Å². The van der Waals surface area contributed by atoms with Crippen molar-refractivity contribution in [2.45, 2.75) is 31.2 Å². The first-order valence-electron chi connectivity index (χ1n) is 7.97. The second-order valence-electron chi connectivity index (χ2n) is 6.58. The maximum Gasteiger partial charge on any atom is 0.242 e. The highest BCUT2D eigenvalue weighted by atomic mass is 19.1. The Bertz CT molecular complexity index is 629. The van der Waals surface area contributed by atoms with Gasteiger partial charge < -0.3 is 9.80 Å². The van der Waals surface area contributed by atoms with E-state index in [2.05, 4.69) is 0 Å². The molecule has 2 saturated carbocycles. The van der Waals surface area contributed by atoms with Gasteiger partial charge in [-0.25, -0.2) is 4.39 Å². The van der Waals surface area contributed by atoms with Gasteiger partial charge in [0.05, 0.1) is 6.54 Å². The molecule has 1 aromatic rings. The van der Waals surface area contributed by atoms with Crippen LogP contribution in [0.1, 0.15) is 30.7 Å². The topological polar surface area (TPSA) is 40.6 Å². The molecule has 0 bridgehead atoms. The van der Waals surface area contributed by atoms with E-state index in [-0.39, 0.29) is 36.0 Å². The Kier molecular flexibility index (Phi) is 3.17. The Morgan fingerprint density at radius 1 is 1.23 bits per heavy atom. The highest BCUT2D eigenvalue weighted by Crippen LogP contribution is 2.48. The summed E-state index contributed by atoms with van der Waals surface area (Å²) in [5.41, 5.74) is 0.890. The zero-order chi connectivity index (χ0) is 15.3. The number of piperazine rings is 1. The van der Waals surface area contributed by atoms with Crippen molar-refractivity contribution in [2.75, 3.05) is 19.6 Å². The van der Waals surface area contributed by atoms with Crippen LogP contribution in [0.3, 0.4) is 0 Å². The van der Waals surface area contributed by atoms with Crippen molar-refractivity contribution in [3.8, 4) is 0 Å². The van der Waals surface area contributed by atoms with E-state index in [0.717, 1.165) is 24.8 Å². The van der Waals surface area contributed by atoms with E-state index in [4.69, 9.17) is 0 Å². The quantitative estimate of drug-likeness (QED) is 0.854. The van der Waals surface area contributed by atoms with E-state index in [1.165, 1.54) is 12.1 Å². The SMILES string of the molecule is O=C([C@H]1C[C@@H]1c1cccc(F)c1)N1CCN(C2CC2)C(=O)C1. The van der Waals surface area contributed by atoms with E-state index in [9.17, 15) is 14.0 Å². The first kappa shape index (κ1) is 13.7. The van der Waals surface area contributed by atoms with Gasteiger partial charge in [-0.2, -0.15) is 0 Å². The molecule has 116 valence electrons. The summed E-state index contributed by atoms with van der Waals surface area (Å²) < 4.78 is 13.3. The minimum Gasteiger partial charge on any atom is -0.336 e. The van der Waals surface area contributed by atoms with Gasteiger partial charge in [-0.15, -0.1) is 0 Å². The fourth-order valence-corrected chi connectivity index (χ4v) is 3.45. The predicted octanol–water partition coefficient (Wildman–Crippen LogP) is 1.76. The van der Waals surface area contributed by atoms with Gasteiger partial charge in [0.25, 0.3) is 0 Å². The molecule has 0 N–H and O–H groups in total. The lowest BCUT2D eigenvalue weighted by atomic mass is 10.1. The van der Waals surface area contributed by atoms with Crippen LogP contribution in [-0.4, -0.2) is 47.3 Å². The van der Waals surface area contributed by atoms with Gasteiger partial charge in [-0.3, -0.25) is 9.59 Å². The van der Waals surface area contributed by atoms with Gasteiger partial charge in [0, 0.05) is 25.0 Å². The highest BCUT2D eigenvalue weighted by molar-refractivity contribution is 5.89. The molecule has 5 heteroatoms. The summed E-state index contributed by atoms with van der Waals surface area (Å²) in [5, 5.41) is 0. The average molecular weight is 302 g/mol. The van der Waals surface area contributed by atoms with Gasteiger partial charge >= 0.3 is 0 Å². The number of hydrogen-bond acceptors (Lipinski definition) is 2. The summed E-state index contributed by atoms with van der Waals surface area (Å²) in [4.78, 5) is 28.2. The molecule has 3 fully saturated rings. The van der Waals surface area contributed by atoms with E-state index in [1.807, 2.05) is 11.0 Å². The fraction of sp³-hybridized carbons (Fsp3) is 0.529. The van der Waals surface area contributed by atoms with Crippen LogP contribution in [0.25, 0.3) is 0 Å². The zero-order valence-electron chi connectivity index (χ0n) is 12.4. The largest absolute Gasteiger partial charge is 0.336 e. The summed E-state index contributed by atoms with van der Waals surface area (Å²) in [6.07, 6.45) is 2.97. The number of amides is 2. The van der Waals surface area contributed by atoms with Crippen LogP contribution in [0.4, 0.5) is 4.39 Å². The third-order valence-electron chi connectivity index (χ3n) is 4.94. The van der Waals surface area contributed by atoms with Crippen molar-refractivity contribution in [3.05, 3.63) is 35.6 Å². The number of nitrogens with zero attached hydrogens (tertiary/aromatic N) is 2. The van der Waals surface area contributed by atoms with Gasteiger partial charge in [-0.1, -0.05) is 12.1 Å². The molecule has 1 heterocycles. The molecular weight excluding hydrogens is 283 g/mol. The summed E-state index contributed by atoms with van der Waals surface area (Å²) in [6, 6.07) is 6.90. The lowest BCUT2D eigenvalue weighted by Crippen LogP contribution is -2.53. The van der Waals surface area contributed by atoms with Crippen molar-refractivity contribution < 1.29 is 14.0 Å². The summed E-state index contributed by atoms with van der Waals surface area (Å²) in [7, 11) is 0. The second kappa shape index (κ2) is 5.07. The summed E-state index contributed by atoms with van der Waals surface area (Å²) in [5.74, 6) is -0.103. The molecule has 1 saturated heterocycles. The predicted molar refractivity (Wildman–Crippen MR) is 78.6 cm³/mol. The van der Waals surface area contributed by atoms with Gasteiger partial charge in [-0.05, 0) is 42.9 Å². The van der Waals surface area contributed by atoms with Gasteiger partial charge in [0.15, 0.2) is 0 Å². The number of benzene rings is 1. The molecule has 2 aliphatic carbocycles. The standard InChI is InChI=1S/C17H19FN2O2/c18-12-3-1-2-11(8-12)14-9-15(14)17(22)19-6-7-20(13-4-5-13)16(21)10-19/h1-3,8,13-15H,4-7,9-10H2/t14-,15+/m1/s1. The summed E-state index contributed by atoms with van der Waals surface area (Å²) >= 11 is 0. The number of carbonyl (C=O) groups excluding carboxylic acids is 2. The first-order valence-corrected chi connectivity index (χ1v) is 7.97. The fourth-order valence-electron chi connectivity index (χ4n) is 3.45. The molecule has 0 radical (unpaired) electrons. The maximum atomic E-state index is 13.3. The third kappa shape index (κ3) is 2.49. The van der Waals surface area contributed by atoms with Crippen molar-refractivity contribution in [1.29, 1.82) is 0 Å². The molecular formula is C17H19FN2O2. The number of halogens is 1. The lowest BCUT2D eigenvalue weighted by molar-refractivity contribution is -0.146. The Labute approximate surface area is 128 Å². The summed E-state index contributed by atoms with van der Waals surface area (Å²) in [6.45, 7) is 1.50. The minimum atomic E-state index is -0.260. The molecule has 0 unspecified atom stereocenters. The lowest BCUT2D eigenvalue weighted by Gasteiger charge is -2.34. The van der Waals surface area contributed by atoms with Crippen LogP contribution in [-0.2, 0) is 9.59 Å². The van der Waals surface area contributed by atoms with Crippen molar-refractivity contribution >= 4 is 11.8 Å². The van der Waals surface area contributed by atoms with E-state index in [0.29, 0.717) is 19.1 Å². The van der Waals surface area contributed by atoms with Gasteiger partial charge in [0.2, 0.25) is 11.8 Å². The highest BCUT2D eigenvalue weighted by Gasteiger charge is 2.47. The van der Waals surface area contributed by atoms with Crippen molar-refractivity contribution in [1.82, 2.24) is 9.80 Å². The molecule has 2 amide bonds. The molecule has 3 aliphatic rings. The van der Waals surface area contributed by atoms with Crippen molar-refractivity contribution in [3.63, 3.8) is 0 Å². The van der Waals surface area contributed by atoms with Crippen LogP contribution in [0.15, 0.2) is 24.3 Å². The molecule has 22 heavy (non-hydrogen) atoms. The van der Waals surface area contributed by atoms with E-state index >= 15 is 0 Å². The Hall–Kier alpha value is -1.91. The van der Waals surface area contributed by atoms with Crippen LogP contribution in [0, 0.1) is 11.7 Å². The smallest absolute Gasteiger partial charge is 0.242 e. The second-order valence-corrected chi connectivity index (χ2v) is 6.58. The minimum absolute atomic E-state index is 0.0538. The molecule has 1 aromatic carbocycles. The Morgan fingerprint density at radius 2 is 2.05 bits per heavy atom. The van der Waals surface area contributed by atoms with Crippen LogP contribution >= 0.6 is 0 Å². The first-order chi connectivity index (χ1) is 10.6. The molecule has 0 aromatic heterocycles. The molecule has 4 rings (SSSR count). The number of carbonyl (C=O) groups is 2. The normalized spacial score (nSPS) is 28.0. The molecule has 0 spiro atoms. The van der Waals surface area contributed by atoms with Crippen molar-refractivity contribution in [2.24, 2.45) is 5.92 Å². The number of hydrogen-bond donors (Lipinski definition) is 0. The number of rotatable bonds is 3. The monoisotopic (exact) mass is 302 g/mol. The Morgan fingerprint density at radius 3 is 2.73 bits per heavy atom. The van der Waals surface area contributed by atoms with Crippen LogP contribution in [0.2, 0.25) is 0 Å². The molecule has 4 nitrogen and oxygen atoms in total. The zero-order valence-corrected chi connectivity index (χ0v) is 12.4. The van der Waals surface area contributed by atoms with Crippen LogP contribution < -0.4 is 0 Å². The maximum absolute atomic E-state index is 13.3. The molecule has 2 atom stereocenters. The average Bonchev–Trinajstić information content (AvgIpc) is 3.38.